The number of morpholine rings is 1. The Morgan fingerprint density at radius 2 is 1.85 bits per heavy atom. The van der Waals surface area contributed by atoms with Crippen molar-refractivity contribution in [2.45, 2.75) is 6.10 Å². The van der Waals surface area contributed by atoms with Crippen LogP contribution in [0.2, 0.25) is 0 Å². The van der Waals surface area contributed by atoms with E-state index in [9.17, 15) is 14.7 Å². The van der Waals surface area contributed by atoms with E-state index in [-0.39, 0.29) is 26.6 Å². The SMILES string of the molecule is O=C1COCC(=O)N1CC(O)c1ccc2c(c1)OCO2. The van der Waals surface area contributed by atoms with Gasteiger partial charge in [0.05, 0.1) is 12.6 Å². The molecule has 1 unspecified atom stereocenters. The van der Waals surface area contributed by atoms with Gasteiger partial charge >= 0.3 is 0 Å². The number of ether oxygens (including phenoxy) is 3. The van der Waals surface area contributed by atoms with Crippen molar-refractivity contribution in [3.8, 4) is 11.5 Å². The summed E-state index contributed by atoms with van der Waals surface area (Å²) in [5.41, 5.74) is 0.557. The van der Waals surface area contributed by atoms with E-state index < -0.39 is 17.9 Å². The fourth-order valence-electron chi connectivity index (χ4n) is 2.12. The molecule has 106 valence electrons. The third kappa shape index (κ3) is 2.33. The minimum Gasteiger partial charge on any atom is -0.454 e. The summed E-state index contributed by atoms with van der Waals surface area (Å²) in [5, 5.41) is 10.2. The molecule has 0 aromatic heterocycles. The van der Waals surface area contributed by atoms with Gasteiger partial charge < -0.3 is 19.3 Å². The molecular weight excluding hydrogens is 266 g/mol. The predicted octanol–water partition coefficient (Wildman–Crippen LogP) is -0.166. The number of hydrogen-bond donors (Lipinski definition) is 1. The molecule has 1 N–H and O–H groups in total. The Morgan fingerprint density at radius 3 is 2.60 bits per heavy atom. The van der Waals surface area contributed by atoms with Gasteiger partial charge in [-0.05, 0) is 17.7 Å². The van der Waals surface area contributed by atoms with E-state index >= 15 is 0 Å². The number of carbonyl (C=O) groups excluding carboxylic acids is 2. The van der Waals surface area contributed by atoms with E-state index in [1.807, 2.05) is 0 Å². The second kappa shape index (κ2) is 5.10. The Balaban J connectivity index is 1.74. The molecule has 0 aliphatic carbocycles. The molecule has 1 aromatic carbocycles. The van der Waals surface area contributed by atoms with Crippen molar-refractivity contribution in [2.24, 2.45) is 0 Å². The first-order valence-corrected chi connectivity index (χ1v) is 6.13. The van der Waals surface area contributed by atoms with Gasteiger partial charge in [-0.1, -0.05) is 6.07 Å². The van der Waals surface area contributed by atoms with Crippen molar-refractivity contribution in [1.82, 2.24) is 4.90 Å². The maximum Gasteiger partial charge on any atom is 0.255 e. The van der Waals surface area contributed by atoms with E-state index in [0.29, 0.717) is 17.1 Å². The molecule has 3 rings (SSSR count). The van der Waals surface area contributed by atoms with Crippen LogP contribution in [0.4, 0.5) is 0 Å². The van der Waals surface area contributed by atoms with Gasteiger partial charge in [-0.25, -0.2) is 0 Å². The Kier molecular flexibility index (Phi) is 3.29. The predicted molar refractivity (Wildman–Crippen MR) is 65.1 cm³/mol. The lowest BCUT2D eigenvalue weighted by molar-refractivity contribution is -0.160. The normalized spacial score (nSPS) is 19.4. The minimum atomic E-state index is -0.976. The van der Waals surface area contributed by atoms with Crippen molar-refractivity contribution in [3.63, 3.8) is 0 Å². The van der Waals surface area contributed by atoms with Crippen molar-refractivity contribution in [1.29, 1.82) is 0 Å². The number of rotatable bonds is 3. The van der Waals surface area contributed by atoms with Crippen LogP contribution in [0.3, 0.4) is 0 Å². The van der Waals surface area contributed by atoms with Crippen LogP contribution in [0.1, 0.15) is 11.7 Å². The summed E-state index contributed by atoms with van der Waals surface area (Å²) in [4.78, 5) is 24.2. The fraction of sp³-hybridized carbons (Fsp3) is 0.385. The molecule has 2 amide bonds. The molecule has 2 aliphatic heterocycles. The van der Waals surface area contributed by atoms with Gasteiger partial charge in [0.15, 0.2) is 11.5 Å². The molecule has 1 saturated heterocycles. The standard InChI is InChI=1S/C13H13NO6/c15-9(4-14-12(16)5-18-6-13(14)17)8-1-2-10-11(3-8)20-7-19-10/h1-3,9,15H,4-7H2. The van der Waals surface area contributed by atoms with E-state index in [4.69, 9.17) is 14.2 Å². The van der Waals surface area contributed by atoms with Crippen molar-refractivity contribution < 1.29 is 28.9 Å². The summed E-state index contributed by atoms with van der Waals surface area (Å²) in [6.07, 6.45) is -0.976. The average Bonchev–Trinajstić information content (AvgIpc) is 2.90. The van der Waals surface area contributed by atoms with Gasteiger partial charge in [0.2, 0.25) is 6.79 Å². The van der Waals surface area contributed by atoms with Gasteiger partial charge in [0.25, 0.3) is 11.8 Å². The first-order chi connectivity index (χ1) is 9.65. The second-order valence-electron chi connectivity index (χ2n) is 4.52. The Bertz CT molecular complexity index is 542. The number of nitrogens with zero attached hydrogens (tertiary/aromatic N) is 1. The number of fused-ring (bicyclic) bond motifs is 1. The van der Waals surface area contributed by atoms with Crippen LogP contribution in [0, 0.1) is 0 Å². The van der Waals surface area contributed by atoms with E-state index in [0.717, 1.165) is 4.90 Å². The van der Waals surface area contributed by atoms with Gasteiger partial charge in [-0.2, -0.15) is 0 Å². The van der Waals surface area contributed by atoms with Gasteiger partial charge in [0, 0.05) is 0 Å². The lowest BCUT2D eigenvalue weighted by atomic mass is 10.1. The molecule has 1 fully saturated rings. The van der Waals surface area contributed by atoms with Crippen molar-refractivity contribution in [2.75, 3.05) is 26.6 Å². The zero-order chi connectivity index (χ0) is 14.1. The van der Waals surface area contributed by atoms with Gasteiger partial charge in [-0.15, -0.1) is 0 Å². The summed E-state index contributed by atoms with van der Waals surface area (Å²) in [6.45, 7) is -0.227. The highest BCUT2D eigenvalue weighted by Gasteiger charge is 2.29. The molecule has 0 spiro atoms. The quantitative estimate of drug-likeness (QED) is 0.773. The first kappa shape index (κ1) is 12.9. The van der Waals surface area contributed by atoms with E-state index in [1.165, 1.54) is 0 Å². The van der Waals surface area contributed by atoms with Crippen LogP contribution in [0.25, 0.3) is 0 Å². The Labute approximate surface area is 114 Å². The zero-order valence-corrected chi connectivity index (χ0v) is 10.6. The summed E-state index contributed by atoms with van der Waals surface area (Å²) in [7, 11) is 0. The van der Waals surface area contributed by atoms with Crippen LogP contribution in [0.5, 0.6) is 11.5 Å². The lowest BCUT2D eigenvalue weighted by Gasteiger charge is -2.27. The fourth-order valence-corrected chi connectivity index (χ4v) is 2.12. The zero-order valence-electron chi connectivity index (χ0n) is 10.6. The molecule has 0 saturated carbocycles. The van der Waals surface area contributed by atoms with Crippen molar-refractivity contribution in [3.05, 3.63) is 23.8 Å². The molecular formula is C13H13NO6. The topological polar surface area (TPSA) is 85.3 Å². The highest BCUT2D eigenvalue weighted by atomic mass is 16.7. The lowest BCUT2D eigenvalue weighted by Crippen LogP contribution is -2.47. The van der Waals surface area contributed by atoms with E-state index in [1.54, 1.807) is 18.2 Å². The molecule has 1 atom stereocenters. The Morgan fingerprint density at radius 1 is 1.15 bits per heavy atom. The first-order valence-electron chi connectivity index (χ1n) is 6.13. The average molecular weight is 279 g/mol. The van der Waals surface area contributed by atoms with Crippen LogP contribution in [0.15, 0.2) is 18.2 Å². The molecule has 2 heterocycles. The van der Waals surface area contributed by atoms with E-state index in [2.05, 4.69) is 0 Å². The van der Waals surface area contributed by atoms with Crippen molar-refractivity contribution >= 4 is 11.8 Å². The molecule has 0 radical (unpaired) electrons. The maximum absolute atomic E-state index is 11.6. The largest absolute Gasteiger partial charge is 0.454 e. The second-order valence-corrected chi connectivity index (χ2v) is 4.52. The third-order valence-corrected chi connectivity index (χ3v) is 3.19. The number of hydrogen-bond acceptors (Lipinski definition) is 6. The summed E-state index contributed by atoms with van der Waals surface area (Å²) in [6, 6.07) is 5.00. The number of carbonyl (C=O) groups is 2. The molecule has 7 heteroatoms. The molecule has 7 nitrogen and oxygen atoms in total. The number of aliphatic hydroxyl groups is 1. The van der Waals surface area contributed by atoms with Gasteiger partial charge in [-0.3, -0.25) is 14.5 Å². The summed E-state index contributed by atoms with van der Waals surface area (Å²) < 4.78 is 15.2. The highest BCUT2D eigenvalue weighted by molar-refractivity contribution is 5.98. The van der Waals surface area contributed by atoms with Crippen LogP contribution < -0.4 is 9.47 Å². The number of benzene rings is 1. The maximum atomic E-state index is 11.6. The third-order valence-electron chi connectivity index (χ3n) is 3.19. The monoisotopic (exact) mass is 279 g/mol. The van der Waals surface area contributed by atoms with Crippen LogP contribution in [-0.2, 0) is 14.3 Å². The number of amides is 2. The number of imide groups is 1. The van der Waals surface area contributed by atoms with Gasteiger partial charge in [0.1, 0.15) is 13.2 Å². The number of β-amino-alcohol motifs (C(OH)–C–C–N with tert-alkyl or cyclic N) is 1. The molecule has 0 bridgehead atoms. The highest BCUT2D eigenvalue weighted by Crippen LogP contribution is 2.34. The summed E-state index contributed by atoms with van der Waals surface area (Å²) >= 11 is 0. The van der Waals surface area contributed by atoms with Crippen LogP contribution >= 0.6 is 0 Å². The summed E-state index contributed by atoms with van der Waals surface area (Å²) in [5.74, 6) is 0.266. The minimum absolute atomic E-state index is 0.0966. The molecule has 20 heavy (non-hydrogen) atoms. The molecule has 2 aliphatic rings. The molecule has 1 aromatic rings. The smallest absolute Gasteiger partial charge is 0.255 e. The Hall–Kier alpha value is -2.12. The number of aliphatic hydroxyl groups excluding tert-OH is 1. The van der Waals surface area contributed by atoms with Crippen LogP contribution in [-0.4, -0.2) is 48.4 Å².